The summed E-state index contributed by atoms with van der Waals surface area (Å²) in [6.45, 7) is 5.35. The molecular formula is C14H17NO5. The third kappa shape index (κ3) is 3.81. The van der Waals surface area contributed by atoms with Crippen LogP contribution in [0.5, 0.6) is 0 Å². The van der Waals surface area contributed by atoms with E-state index in [9.17, 15) is 14.4 Å². The summed E-state index contributed by atoms with van der Waals surface area (Å²) in [6, 6.07) is 6.59. The number of amides is 1. The molecule has 0 aromatic heterocycles. The van der Waals surface area contributed by atoms with Gasteiger partial charge in [0.15, 0.2) is 0 Å². The second kappa shape index (κ2) is 5.73. The first-order chi connectivity index (χ1) is 9.12. The van der Waals surface area contributed by atoms with Gasteiger partial charge in [-0.3, -0.25) is 14.5 Å². The van der Waals surface area contributed by atoms with Crippen LogP contribution in [0.2, 0.25) is 0 Å². The molecule has 0 fully saturated rings. The summed E-state index contributed by atoms with van der Waals surface area (Å²) in [6.07, 6.45) is 0. The molecule has 108 valence electrons. The Hall–Kier alpha value is -2.37. The zero-order valence-corrected chi connectivity index (χ0v) is 11.6. The Labute approximate surface area is 116 Å². The molecule has 0 atom stereocenters. The quantitative estimate of drug-likeness (QED) is 0.817. The van der Waals surface area contributed by atoms with Crippen molar-refractivity contribution in [2.45, 2.75) is 26.2 Å². The van der Waals surface area contributed by atoms with Crippen LogP contribution in [0.3, 0.4) is 0 Å². The predicted molar refractivity (Wildman–Crippen MR) is 72.8 cm³/mol. The second-order valence-corrected chi connectivity index (χ2v) is 5.39. The lowest BCUT2D eigenvalue weighted by atomic mass is 9.87. The summed E-state index contributed by atoms with van der Waals surface area (Å²) in [7, 11) is 0. The average molecular weight is 279 g/mol. The minimum atomic E-state index is -1.69. The molecule has 0 heterocycles. The van der Waals surface area contributed by atoms with E-state index in [4.69, 9.17) is 10.2 Å². The van der Waals surface area contributed by atoms with Crippen molar-refractivity contribution < 1.29 is 24.6 Å². The number of benzene rings is 1. The van der Waals surface area contributed by atoms with Crippen LogP contribution in [0.4, 0.5) is 5.69 Å². The summed E-state index contributed by atoms with van der Waals surface area (Å²) in [5.41, 5.74) is 1.15. The number of anilines is 1. The van der Waals surface area contributed by atoms with E-state index in [0.29, 0.717) is 0 Å². The summed E-state index contributed by atoms with van der Waals surface area (Å²) in [5.74, 6) is -4.23. The van der Waals surface area contributed by atoms with Crippen LogP contribution in [-0.4, -0.2) is 34.6 Å². The predicted octanol–water partition coefficient (Wildman–Crippen LogP) is 1.49. The Morgan fingerprint density at radius 2 is 1.55 bits per heavy atom. The molecule has 20 heavy (non-hydrogen) atoms. The summed E-state index contributed by atoms with van der Waals surface area (Å²) in [4.78, 5) is 33.7. The lowest BCUT2D eigenvalue weighted by Crippen LogP contribution is -2.40. The van der Waals surface area contributed by atoms with Crippen LogP contribution in [0.1, 0.15) is 26.3 Å². The van der Waals surface area contributed by atoms with Gasteiger partial charge in [0.2, 0.25) is 0 Å². The number of aliphatic carboxylic acids is 2. The van der Waals surface area contributed by atoms with E-state index in [0.717, 1.165) is 10.5 Å². The highest BCUT2D eigenvalue weighted by molar-refractivity contribution is 6.37. The van der Waals surface area contributed by atoms with E-state index >= 15 is 0 Å². The highest BCUT2D eigenvalue weighted by atomic mass is 16.4. The van der Waals surface area contributed by atoms with Crippen molar-refractivity contribution in [2.24, 2.45) is 0 Å². The summed E-state index contributed by atoms with van der Waals surface area (Å²) in [5, 5.41) is 17.5. The van der Waals surface area contributed by atoms with Crippen LogP contribution >= 0.6 is 0 Å². The smallest absolute Gasteiger partial charge is 0.394 e. The average Bonchev–Trinajstić information content (AvgIpc) is 2.34. The fourth-order valence-electron chi connectivity index (χ4n) is 1.67. The highest BCUT2D eigenvalue weighted by Gasteiger charge is 2.25. The Morgan fingerprint density at radius 3 is 1.90 bits per heavy atom. The molecule has 2 N–H and O–H groups in total. The molecule has 0 aliphatic rings. The van der Waals surface area contributed by atoms with E-state index in [1.165, 1.54) is 0 Å². The standard InChI is InChI=1S/C14H17NO5/c1-14(2,3)9-4-6-10(7-5-9)15(8-11(16)17)12(18)13(19)20/h4-7H,8H2,1-3H3,(H,16,17)(H,19,20). The molecule has 0 radical (unpaired) electrons. The molecule has 0 aliphatic carbocycles. The molecule has 1 amide bonds. The maximum Gasteiger partial charge on any atom is 0.394 e. The lowest BCUT2D eigenvalue weighted by molar-refractivity contribution is -0.149. The number of carbonyl (C=O) groups excluding carboxylic acids is 1. The molecule has 6 nitrogen and oxygen atoms in total. The van der Waals surface area contributed by atoms with Gasteiger partial charge in [0.1, 0.15) is 6.54 Å². The van der Waals surface area contributed by atoms with E-state index in [1.807, 2.05) is 20.8 Å². The number of nitrogens with zero attached hydrogens (tertiary/aromatic N) is 1. The van der Waals surface area contributed by atoms with Crippen molar-refractivity contribution in [3.63, 3.8) is 0 Å². The first-order valence-electron chi connectivity index (χ1n) is 6.00. The van der Waals surface area contributed by atoms with E-state index in [-0.39, 0.29) is 11.1 Å². The van der Waals surface area contributed by atoms with Crippen molar-refractivity contribution in [1.29, 1.82) is 0 Å². The van der Waals surface area contributed by atoms with Crippen molar-refractivity contribution in [3.05, 3.63) is 29.8 Å². The van der Waals surface area contributed by atoms with Gasteiger partial charge in [0.25, 0.3) is 0 Å². The number of carbonyl (C=O) groups is 3. The minimum absolute atomic E-state index is 0.0903. The molecule has 1 rings (SSSR count). The van der Waals surface area contributed by atoms with Crippen molar-refractivity contribution in [2.75, 3.05) is 11.4 Å². The van der Waals surface area contributed by atoms with Crippen molar-refractivity contribution in [3.8, 4) is 0 Å². The van der Waals surface area contributed by atoms with E-state index in [2.05, 4.69) is 0 Å². The summed E-state index contributed by atoms with van der Waals surface area (Å²) >= 11 is 0. The van der Waals surface area contributed by atoms with Crippen LogP contribution in [0, 0.1) is 0 Å². The monoisotopic (exact) mass is 279 g/mol. The first-order valence-corrected chi connectivity index (χ1v) is 6.00. The number of carboxylic acids is 2. The number of hydrogen-bond acceptors (Lipinski definition) is 3. The number of carboxylic acid groups (broad SMARTS) is 2. The molecule has 0 unspecified atom stereocenters. The van der Waals surface area contributed by atoms with Gasteiger partial charge < -0.3 is 10.2 Å². The molecule has 1 aromatic rings. The van der Waals surface area contributed by atoms with Gasteiger partial charge in [0.05, 0.1) is 0 Å². The highest BCUT2D eigenvalue weighted by Crippen LogP contribution is 2.25. The van der Waals surface area contributed by atoms with Gasteiger partial charge >= 0.3 is 17.8 Å². The molecule has 0 saturated carbocycles. The zero-order valence-electron chi connectivity index (χ0n) is 11.6. The van der Waals surface area contributed by atoms with Gasteiger partial charge in [-0.2, -0.15) is 0 Å². The normalized spacial score (nSPS) is 10.9. The Morgan fingerprint density at radius 1 is 1.05 bits per heavy atom. The third-order valence-corrected chi connectivity index (χ3v) is 2.77. The maximum atomic E-state index is 11.5. The van der Waals surface area contributed by atoms with Gasteiger partial charge in [-0.1, -0.05) is 32.9 Å². The number of rotatable bonds is 3. The maximum absolute atomic E-state index is 11.5. The molecule has 1 aromatic carbocycles. The van der Waals surface area contributed by atoms with Gasteiger partial charge in [-0.05, 0) is 23.1 Å². The molecule has 0 bridgehead atoms. The molecule has 0 aliphatic heterocycles. The van der Waals surface area contributed by atoms with Crippen molar-refractivity contribution >= 4 is 23.5 Å². The largest absolute Gasteiger partial charge is 0.480 e. The van der Waals surface area contributed by atoms with Crippen LogP contribution < -0.4 is 4.90 Å². The van der Waals surface area contributed by atoms with E-state index in [1.54, 1.807) is 24.3 Å². The van der Waals surface area contributed by atoms with Crippen molar-refractivity contribution in [1.82, 2.24) is 0 Å². The Balaban J connectivity index is 3.12. The SMILES string of the molecule is CC(C)(C)c1ccc(N(CC(=O)O)C(=O)C(=O)O)cc1. The summed E-state index contributed by atoms with van der Waals surface area (Å²) < 4.78 is 0. The Kier molecular flexibility index (Phi) is 4.49. The zero-order chi connectivity index (χ0) is 15.5. The topological polar surface area (TPSA) is 94.9 Å². The molecular weight excluding hydrogens is 262 g/mol. The van der Waals surface area contributed by atoms with Crippen LogP contribution in [-0.2, 0) is 19.8 Å². The van der Waals surface area contributed by atoms with Gasteiger partial charge in [-0.15, -0.1) is 0 Å². The molecule has 0 saturated heterocycles. The van der Waals surface area contributed by atoms with Gasteiger partial charge in [0, 0.05) is 5.69 Å². The molecule has 0 spiro atoms. The second-order valence-electron chi connectivity index (χ2n) is 5.39. The fraction of sp³-hybridized carbons (Fsp3) is 0.357. The van der Waals surface area contributed by atoms with Crippen LogP contribution in [0.25, 0.3) is 0 Å². The van der Waals surface area contributed by atoms with Gasteiger partial charge in [-0.25, -0.2) is 4.79 Å². The lowest BCUT2D eigenvalue weighted by Gasteiger charge is -2.22. The third-order valence-electron chi connectivity index (χ3n) is 2.77. The van der Waals surface area contributed by atoms with Crippen LogP contribution in [0.15, 0.2) is 24.3 Å². The number of hydrogen-bond donors (Lipinski definition) is 2. The minimum Gasteiger partial charge on any atom is -0.480 e. The van der Waals surface area contributed by atoms with E-state index < -0.39 is 24.4 Å². The molecule has 6 heteroatoms. The fourth-order valence-corrected chi connectivity index (χ4v) is 1.67. The Bertz CT molecular complexity index is 527. The first kappa shape index (κ1) is 15.7.